The summed E-state index contributed by atoms with van der Waals surface area (Å²) in [6.45, 7) is 1.58. The van der Waals surface area contributed by atoms with Gasteiger partial charge in [-0.1, -0.05) is 28.8 Å². The average molecular weight is 499 g/mol. The van der Waals surface area contributed by atoms with Gasteiger partial charge in [-0.2, -0.15) is 4.80 Å². The van der Waals surface area contributed by atoms with Crippen molar-refractivity contribution in [1.29, 1.82) is 0 Å². The quantitative estimate of drug-likeness (QED) is 0.515. The van der Waals surface area contributed by atoms with Crippen LogP contribution >= 0.6 is 11.6 Å². The third kappa shape index (κ3) is 5.40. The van der Waals surface area contributed by atoms with Gasteiger partial charge in [0.15, 0.2) is 11.6 Å². The Hall–Kier alpha value is -2.83. The molecule has 2 heterocycles. The van der Waals surface area contributed by atoms with Gasteiger partial charge < -0.3 is 10.1 Å². The summed E-state index contributed by atoms with van der Waals surface area (Å²) in [4.78, 5) is 0.126. The van der Waals surface area contributed by atoms with Gasteiger partial charge in [0.05, 0.1) is 13.7 Å². The molecule has 2 aromatic carbocycles. The van der Waals surface area contributed by atoms with Gasteiger partial charge in [0.2, 0.25) is 0 Å². The number of halogens is 3. The fraction of sp³-hybridized carbons (Fsp3) is 0.350. The fourth-order valence-corrected chi connectivity index (χ4v) is 4.90. The molecular formula is C20H21ClF2N6O3S. The Balaban J connectivity index is 1.49. The lowest BCUT2D eigenvalue weighted by Crippen LogP contribution is -2.38. The van der Waals surface area contributed by atoms with Crippen molar-refractivity contribution in [2.45, 2.75) is 17.2 Å². The van der Waals surface area contributed by atoms with Crippen LogP contribution < -0.4 is 14.8 Å². The number of nitrogens with zero attached hydrogens (tertiary/aromatic N) is 4. The highest BCUT2D eigenvalue weighted by Crippen LogP contribution is 2.33. The maximum absolute atomic E-state index is 14.7. The zero-order valence-electron chi connectivity index (χ0n) is 17.5. The van der Waals surface area contributed by atoms with E-state index in [-0.39, 0.29) is 30.1 Å². The molecule has 9 nitrogen and oxygen atoms in total. The van der Waals surface area contributed by atoms with E-state index in [1.807, 2.05) is 29.0 Å². The number of anilines is 1. The van der Waals surface area contributed by atoms with Crippen LogP contribution in [0.2, 0.25) is 5.02 Å². The molecule has 1 saturated heterocycles. The number of hydrogen-bond donors (Lipinski definition) is 2. The summed E-state index contributed by atoms with van der Waals surface area (Å²) in [6.07, 6.45) is 0.853. The highest BCUT2D eigenvalue weighted by molar-refractivity contribution is 7.92. The van der Waals surface area contributed by atoms with Crippen LogP contribution in [0.3, 0.4) is 0 Å². The summed E-state index contributed by atoms with van der Waals surface area (Å²) < 4.78 is 61.7. The van der Waals surface area contributed by atoms with Crippen LogP contribution in [0.5, 0.6) is 5.75 Å². The van der Waals surface area contributed by atoms with Crippen LogP contribution in [0.25, 0.3) is 0 Å². The minimum absolute atomic E-state index is 0.00445. The van der Waals surface area contributed by atoms with E-state index in [9.17, 15) is 17.2 Å². The van der Waals surface area contributed by atoms with Crippen molar-refractivity contribution >= 4 is 27.6 Å². The van der Waals surface area contributed by atoms with Crippen molar-refractivity contribution in [3.63, 3.8) is 0 Å². The van der Waals surface area contributed by atoms with Gasteiger partial charge in [-0.05, 0) is 41.8 Å². The largest absolute Gasteiger partial charge is 0.490 e. The van der Waals surface area contributed by atoms with Crippen LogP contribution in [0.4, 0.5) is 14.7 Å². The van der Waals surface area contributed by atoms with Gasteiger partial charge in [-0.25, -0.2) is 21.9 Å². The Morgan fingerprint density at radius 3 is 2.70 bits per heavy atom. The molecule has 2 atom stereocenters. The molecule has 0 saturated carbocycles. The van der Waals surface area contributed by atoms with Crippen molar-refractivity contribution in [1.82, 2.24) is 25.5 Å². The summed E-state index contributed by atoms with van der Waals surface area (Å²) in [7, 11) is -3.05. The van der Waals surface area contributed by atoms with E-state index < -0.39 is 26.6 Å². The average Bonchev–Trinajstić information content (AvgIpc) is 3.18. The first-order valence-electron chi connectivity index (χ1n) is 10.1. The monoisotopic (exact) mass is 498 g/mol. The molecule has 33 heavy (non-hydrogen) atoms. The van der Waals surface area contributed by atoms with Crippen molar-refractivity contribution in [3.05, 3.63) is 58.6 Å². The van der Waals surface area contributed by atoms with E-state index in [0.717, 1.165) is 29.4 Å². The lowest BCUT2D eigenvalue weighted by atomic mass is 9.81. The van der Waals surface area contributed by atoms with Crippen molar-refractivity contribution in [2.75, 3.05) is 24.4 Å². The SMILES string of the molecule is Cn1nnc(NS(=O)(=O)c2cc(F)c(OC[C@H]3CNCC[C@@H]3c3ccc(Cl)cc3)cc2F)n1. The van der Waals surface area contributed by atoms with Gasteiger partial charge in [0.1, 0.15) is 10.7 Å². The van der Waals surface area contributed by atoms with E-state index in [0.29, 0.717) is 17.6 Å². The van der Waals surface area contributed by atoms with E-state index in [1.165, 1.54) is 7.05 Å². The molecule has 13 heteroatoms. The number of ether oxygens (including phenoxy) is 1. The van der Waals surface area contributed by atoms with Crippen LogP contribution in [0.15, 0.2) is 41.3 Å². The maximum atomic E-state index is 14.7. The maximum Gasteiger partial charge on any atom is 0.277 e. The van der Waals surface area contributed by atoms with Crippen molar-refractivity contribution in [2.24, 2.45) is 13.0 Å². The van der Waals surface area contributed by atoms with Crippen LogP contribution in [-0.2, 0) is 17.1 Å². The summed E-state index contributed by atoms with van der Waals surface area (Å²) in [5, 5.41) is 14.5. The first-order valence-corrected chi connectivity index (χ1v) is 11.9. The number of sulfonamides is 1. The lowest BCUT2D eigenvalue weighted by molar-refractivity contribution is 0.190. The smallest absolute Gasteiger partial charge is 0.277 e. The zero-order chi connectivity index (χ0) is 23.6. The molecule has 1 fully saturated rings. The minimum atomic E-state index is -4.47. The molecule has 0 spiro atoms. The van der Waals surface area contributed by atoms with E-state index in [4.69, 9.17) is 16.3 Å². The topological polar surface area (TPSA) is 111 Å². The number of tetrazole rings is 1. The fourth-order valence-electron chi connectivity index (χ4n) is 3.77. The summed E-state index contributed by atoms with van der Waals surface area (Å²) in [5.74, 6) is -2.76. The van der Waals surface area contributed by atoms with Crippen molar-refractivity contribution < 1.29 is 21.9 Å². The van der Waals surface area contributed by atoms with Gasteiger partial charge >= 0.3 is 0 Å². The molecule has 0 aliphatic carbocycles. The molecule has 0 bridgehead atoms. The van der Waals surface area contributed by atoms with Gasteiger partial charge in [-0.3, -0.25) is 0 Å². The first-order chi connectivity index (χ1) is 15.7. The van der Waals surface area contributed by atoms with Crippen molar-refractivity contribution in [3.8, 4) is 5.75 Å². The molecule has 0 unspecified atom stereocenters. The summed E-state index contributed by atoms with van der Waals surface area (Å²) >= 11 is 5.98. The molecule has 3 aromatic rings. The Morgan fingerprint density at radius 2 is 2.00 bits per heavy atom. The molecule has 176 valence electrons. The molecule has 1 aliphatic heterocycles. The molecule has 0 amide bonds. The normalized spacial score (nSPS) is 18.8. The zero-order valence-corrected chi connectivity index (χ0v) is 19.1. The highest BCUT2D eigenvalue weighted by Gasteiger charge is 2.28. The highest BCUT2D eigenvalue weighted by atomic mass is 35.5. The summed E-state index contributed by atoms with van der Waals surface area (Å²) in [5.41, 5.74) is 1.09. The molecular weight excluding hydrogens is 478 g/mol. The number of piperidine rings is 1. The van der Waals surface area contributed by atoms with Crippen LogP contribution in [0.1, 0.15) is 17.9 Å². The Bertz CT molecular complexity index is 1240. The number of hydrogen-bond acceptors (Lipinski definition) is 7. The molecule has 2 N–H and O–H groups in total. The third-order valence-electron chi connectivity index (χ3n) is 5.37. The molecule has 0 radical (unpaired) electrons. The number of aryl methyl sites for hydroxylation is 1. The Labute approximate surface area is 194 Å². The number of rotatable bonds is 7. The van der Waals surface area contributed by atoms with E-state index in [2.05, 4.69) is 20.7 Å². The predicted molar refractivity (Wildman–Crippen MR) is 117 cm³/mol. The number of benzene rings is 2. The van der Waals surface area contributed by atoms with Gasteiger partial charge in [0.25, 0.3) is 16.0 Å². The molecule has 1 aromatic heterocycles. The molecule has 1 aliphatic rings. The Kier molecular flexibility index (Phi) is 6.77. The first kappa shape index (κ1) is 23.3. The third-order valence-corrected chi connectivity index (χ3v) is 6.96. The van der Waals surface area contributed by atoms with Crippen LogP contribution in [-0.4, -0.2) is 48.3 Å². The van der Waals surface area contributed by atoms with E-state index in [1.54, 1.807) is 0 Å². The summed E-state index contributed by atoms with van der Waals surface area (Å²) in [6, 6.07) is 8.82. The second-order valence-electron chi connectivity index (χ2n) is 7.64. The Morgan fingerprint density at radius 1 is 1.24 bits per heavy atom. The minimum Gasteiger partial charge on any atom is -0.490 e. The second kappa shape index (κ2) is 9.57. The van der Waals surface area contributed by atoms with E-state index >= 15 is 0 Å². The lowest BCUT2D eigenvalue weighted by Gasteiger charge is -2.32. The number of aromatic nitrogens is 4. The molecule has 4 rings (SSSR count). The van der Waals surface area contributed by atoms with Crippen LogP contribution in [0, 0.1) is 17.6 Å². The van der Waals surface area contributed by atoms with Gasteiger partial charge in [-0.15, -0.1) is 5.10 Å². The second-order valence-corrected chi connectivity index (χ2v) is 9.73. The number of nitrogens with one attached hydrogen (secondary N) is 2. The predicted octanol–water partition coefficient (Wildman–Crippen LogP) is 2.71. The van der Waals surface area contributed by atoms with Gasteiger partial charge in [0, 0.05) is 29.6 Å². The standard InChI is InChI=1S/C20H21ClF2N6O3S/c1-29-26-20(25-28-29)27-33(30,31)19-9-16(22)18(8-17(19)23)32-11-13-10-24-7-6-15(13)12-2-4-14(21)5-3-12/h2-5,8-9,13,15,24H,6-7,10-11H2,1H3,(H,26,27)/t13-,15-/m1/s1.